The smallest absolute Gasteiger partial charge is 0.416 e. The van der Waals surface area contributed by atoms with E-state index in [1.165, 1.54) is 18.2 Å². The summed E-state index contributed by atoms with van der Waals surface area (Å²) in [5.41, 5.74) is -0.822. The molecule has 2 aromatic heterocycles. The number of aromatic hydroxyl groups is 1. The Morgan fingerprint density at radius 2 is 1.92 bits per heavy atom. The Kier molecular flexibility index (Phi) is 4.96. The number of rotatable bonds is 3. The molecule has 0 aliphatic carbocycles. The second-order valence-electron chi connectivity index (χ2n) is 5.08. The van der Waals surface area contributed by atoms with E-state index in [4.69, 9.17) is 23.2 Å². The lowest BCUT2D eigenvalue weighted by Gasteiger charge is -2.12. The highest BCUT2D eigenvalue weighted by molar-refractivity contribution is 7.20. The molecule has 0 saturated heterocycles. The fourth-order valence-corrected chi connectivity index (χ4v) is 3.60. The van der Waals surface area contributed by atoms with Gasteiger partial charge in [0.2, 0.25) is 0 Å². The second kappa shape index (κ2) is 6.90. The monoisotopic (exact) mass is 421 g/mol. The van der Waals surface area contributed by atoms with Gasteiger partial charge in [0.05, 0.1) is 5.56 Å². The highest BCUT2D eigenvalue weighted by Gasteiger charge is 2.33. The van der Waals surface area contributed by atoms with Crippen molar-refractivity contribution in [1.29, 1.82) is 0 Å². The van der Waals surface area contributed by atoms with Crippen molar-refractivity contribution in [3.63, 3.8) is 0 Å². The van der Waals surface area contributed by atoms with E-state index >= 15 is 0 Å². The molecule has 0 aliphatic heterocycles. The Bertz CT molecular complexity index is 1010. The molecule has 5 nitrogen and oxygen atoms in total. The first kappa shape index (κ1) is 18.7. The van der Waals surface area contributed by atoms with Crippen LogP contribution in [0.5, 0.6) is 5.75 Å². The Hall–Kier alpha value is -2.10. The van der Waals surface area contributed by atoms with Crippen LogP contribution >= 0.6 is 34.5 Å². The fourth-order valence-electron chi connectivity index (χ4n) is 2.17. The largest absolute Gasteiger partial charge is 0.504 e. The van der Waals surface area contributed by atoms with Crippen molar-refractivity contribution < 1.29 is 23.1 Å². The SMILES string of the molecule is O=C(NCc1ccccc1C(F)(F)F)c1nc2c(Cl)c(O)c(Cl)nc2s1. The fraction of sp³-hybridized carbons (Fsp3) is 0.133. The highest BCUT2D eigenvalue weighted by atomic mass is 35.5. The normalized spacial score (nSPS) is 11.7. The van der Waals surface area contributed by atoms with Crippen molar-refractivity contribution in [2.24, 2.45) is 0 Å². The number of thiazole rings is 1. The number of nitrogens with one attached hydrogen (secondary N) is 1. The third-order valence-corrected chi connectivity index (χ3v) is 4.95. The van der Waals surface area contributed by atoms with Gasteiger partial charge in [-0.05, 0) is 11.6 Å². The zero-order chi connectivity index (χ0) is 19.1. The second-order valence-corrected chi connectivity index (χ2v) is 6.79. The van der Waals surface area contributed by atoms with E-state index in [0.29, 0.717) is 0 Å². The number of alkyl halides is 3. The number of amides is 1. The molecule has 3 rings (SSSR count). The number of aromatic nitrogens is 2. The first-order chi connectivity index (χ1) is 12.2. The number of halogens is 5. The van der Waals surface area contributed by atoms with Gasteiger partial charge in [-0.15, -0.1) is 0 Å². The van der Waals surface area contributed by atoms with Crippen molar-refractivity contribution >= 4 is 50.8 Å². The van der Waals surface area contributed by atoms with Crippen LogP contribution in [0.2, 0.25) is 10.2 Å². The van der Waals surface area contributed by atoms with E-state index in [-0.39, 0.29) is 37.6 Å². The topological polar surface area (TPSA) is 75.1 Å². The molecule has 1 amide bonds. The lowest BCUT2D eigenvalue weighted by molar-refractivity contribution is -0.138. The van der Waals surface area contributed by atoms with Crippen molar-refractivity contribution in [2.45, 2.75) is 12.7 Å². The van der Waals surface area contributed by atoms with Crippen molar-refractivity contribution in [3.8, 4) is 5.75 Å². The number of nitrogens with zero attached hydrogens (tertiary/aromatic N) is 2. The predicted molar refractivity (Wildman–Crippen MR) is 91.7 cm³/mol. The lowest BCUT2D eigenvalue weighted by Crippen LogP contribution is -2.24. The summed E-state index contributed by atoms with van der Waals surface area (Å²) in [5.74, 6) is -1.16. The third kappa shape index (κ3) is 3.55. The Morgan fingerprint density at radius 3 is 2.62 bits per heavy atom. The van der Waals surface area contributed by atoms with Crippen LogP contribution in [0.15, 0.2) is 24.3 Å². The molecule has 3 aromatic rings. The molecule has 136 valence electrons. The quantitative estimate of drug-likeness (QED) is 0.603. The Balaban J connectivity index is 1.84. The van der Waals surface area contributed by atoms with Crippen molar-refractivity contribution in [1.82, 2.24) is 15.3 Å². The predicted octanol–water partition coefficient (Wildman–Crippen LogP) is 4.65. The van der Waals surface area contributed by atoms with E-state index in [1.807, 2.05) is 0 Å². The molecule has 1 aromatic carbocycles. The van der Waals surface area contributed by atoms with Gasteiger partial charge < -0.3 is 10.4 Å². The summed E-state index contributed by atoms with van der Waals surface area (Å²) < 4.78 is 38.9. The summed E-state index contributed by atoms with van der Waals surface area (Å²) in [6, 6.07) is 4.93. The standard InChI is InChI=1S/C15H8Cl2F3N3O2S/c16-8-9-13(23-11(17)10(8)24)26-14(22-9)12(25)21-5-6-3-1-2-4-7(6)15(18,19)20/h1-4,24H,5H2,(H,21,25). The minimum Gasteiger partial charge on any atom is -0.504 e. The Morgan fingerprint density at radius 1 is 1.23 bits per heavy atom. The molecule has 2 heterocycles. The van der Waals surface area contributed by atoms with Crippen LogP contribution in [-0.2, 0) is 12.7 Å². The van der Waals surface area contributed by atoms with E-state index in [1.54, 1.807) is 0 Å². The van der Waals surface area contributed by atoms with Crippen molar-refractivity contribution in [2.75, 3.05) is 0 Å². The molecular formula is C15H8Cl2F3N3O2S. The van der Waals surface area contributed by atoms with Crippen LogP contribution in [0.1, 0.15) is 20.9 Å². The van der Waals surface area contributed by atoms with E-state index in [2.05, 4.69) is 15.3 Å². The summed E-state index contributed by atoms with van der Waals surface area (Å²) in [6.07, 6.45) is -4.52. The van der Waals surface area contributed by atoms with E-state index in [9.17, 15) is 23.1 Å². The maximum absolute atomic E-state index is 13.0. The zero-order valence-electron chi connectivity index (χ0n) is 12.6. The van der Waals surface area contributed by atoms with Crippen LogP contribution in [-0.4, -0.2) is 21.0 Å². The van der Waals surface area contributed by atoms with Gasteiger partial charge in [-0.3, -0.25) is 4.79 Å². The zero-order valence-corrected chi connectivity index (χ0v) is 14.9. The maximum Gasteiger partial charge on any atom is 0.416 e. The van der Waals surface area contributed by atoms with Crippen LogP contribution < -0.4 is 5.32 Å². The lowest BCUT2D eigenvalue weighted by atomic mass is 10.1. The summed E-state index contributed by atoms with van der Waals surface area (Å²) in [5, 5.41) is 11.6. The van der Waals surface area contributed by atoms with Gasteiger partial charge in [0.15, 0.2) is 15.9 Å². The molecule has 0 atom stereocenters. The summed E-state index contributed by atoms with van der Waals surface area (Å²) in [4.78, 5) is 20.3. The molecule has 11 heteroatoms. The molecular weight excluding hydrogens is 414 g/mol. The molecule has 0 radical (unpaired) electrons. The minimum atomic E-state index is -4.52. The van der Waals surface area contributed by atoms with Crippen LogP contribution in [0.3, 0.4) is 0 Å². The van der Waals surface area contributed by atoms with Crippen molar-refractivity contribution in [3.05, 3.63) is 50.6 Å². The number of hydrogen-bond acceptors (Lipinski definition) is 5. The van der Waals surface area contributed by atoms with E-state index < -0.39 is 23.4 Å². The number of fused-ring (bicyclic) bond motifs is 1. The number of benzene rings is 1. The Labute approximate surface area is 158 Å². The molecule has 0 aliphatic rings. The first-order valence-electron chi connectivity index (χ1n) is 6.96. The molecule has 2 N–H and O–H groups in total. The van der Waals surface area contributed by atoms with E-state index in [0.717, 1.165) is 17.4 Å². The van der Waals surface area contributed by atoms with Gasteiger partial charge in [0.25, 0.3) is 5.91 Å². The first-order valence-corrected chi connectivity index (χ1v) is 8.53. The average Bonchev–Trinajstić information content (AvgIpc) is 3.01. The molecule has 0 spiro atoms. The van der Waals surface area contributed by atoms with Gasteiger partial charge in [0, 0.05) is 6.54 Å². The summed E-state index contributed by atoms with van der Waals surface area (Å²) in [6.45, 7) is -0.336. The number of hydrogen-bond donors (Lipinski definition) is 2. The highest BCUT2D eigenvalue weighted by Crippen LogP contribution is 2.37. The van der Waals surface area contributed by atoms with Gasteiger partial charge in [-0.1, -0.05) is 52.7 Å². The van der Waals surface area contributed by atoms with Crippen LogP contribution in [0.4, 0.5) is 13.2 Å². The van der Waals surface area contributed by atoms with Gasteiger partial charge in [-0.25, -0.2) is 9.97 Å². The molecule has 0 unspecified atom stereocenters. The number of pyridine rings is 1. The minimum absolute atomic E-state index is 0.0689. The summed E-state index contributed by atoms with van der Waals surface area (Å²) >= 11 is 12.5. The molecule has 0 bridgehead atoms. The van der Waals surface area contributed by atoms with Crippen LogP contribution in [0.25, 0.3) is 10.3 Å². The van der Waals surface area contributed by atoms with Gasteiger partial charge in [0.1, 0.15) is 15.4 Å². The third-order valence-electron chi connectivity index (χ3n) is 3.38. The van der Waals surface area contributed by atoms with Crippen LogP contribution in [0, 0.1) is 0 Å². The maximum atomic E-state index is 13.0. The number of carbonyl (C=O) groups is 1. The van der Waals surface area contributed by atoms with Gasteiger partial charge in [-0.2, -0.15) is 13.2 Å². The molecule has 0 saturated carbocycles. The molecule has 26 heavy (non-hydrogen) atoms. The summed E-state index contributed by atoms with van der Waals surface area (Å²) in [7, 11) is 0. The molecule has 0 fully saturated rings. The average molecular weight is 422 g/mol. The van der Waals surface area contributed by atoms with Gasteiger partial charge >= 0.3 is 6.18 Å². The number of carbonyl (C=O) groups excluding carboxylic acids is 1.